The maximum absolute atomic E-state index is 4.27. The second-order valence-electron chi connectivity index (χ2n) is 6.77. The first-order valence-electron chi connectivity index (χ1n) is 8.65. The van der Waals surface area contributed by atoms with E-state index < -0.39 is 0 Å². The largest absolute Gasteiger partial charge is 0.301 e. The lowest BCUT2D eigenvalue weighted by Gasteiger charge is -2.37. The lowest BCUT2D eigenvalue weighted by molar-refractivity contribution is 0.112. The minimum absolute atomic E-state index is 0.653. The molecular weight excluding hydrogens is 284 g/mol. The Balaban J connectivity index is 1.49. The number of piperidine rings is 1. The minimum atomic E-state index is 0.653. The summed E-state index contributed by atoms with van der Waals surface area (Å²) in [4.78, 5) is 5.12. The molecule has 0 radical (unpaired) electrons. The Morgan fingerprint density at radius 1 is 1.22 bits per heavy atom. The topological polar surface area (TPSA) is 24.3 Å². The van der Waals surface area contributed by atoms with Crippen LogP contribution in [0.2, 0.25) is 0 Å². The summed E-state index contributed by atoms with van der Waals surface area (Å²) in [5.41, 5.74) is 2.75. The van der Waals surface area contributed by atoms with E-state index in [-0.39, 0.29) is 0 Å². The summed E-state index contributed by atoms with van der Waals surface area (Å²) >= 11 is 0. The van der Waals surface area contributed by atoms with E-state index in [4.69, 9.17) is 0 Å². The van der Waals surface area contributed by atoms with E-state index in [2.05, 4.69) is 58.5 Å². The van der Waals surface area contributed by atoms with E-state index in [1.807, 2.05) is 17.9 Å². The van der Waals surface area contributed by atoms with Crippen LogP contribution in [0, 0.1) is 0 Å². The number of likely N-dealkylation sites (N-methyl/N-ethyl adjacent to an activating group) is 1. The number of hydrogen-bond acceptors (Lipinski definition) is 3. The number of nitrogens with zero attached hydrogens (tertiary/aromatic N) is 4. The monoisotopic (exact) mass is 312 g/mol. The molecule has 1 fully saturated rings. The summed E-state index contributed by atoms with van der Waals surface area (Å²) in [5, 5.41) is 4.27. The maximum atomic E-state index is 4.27. The smallest absolute Gasteiger partial charge is 0.0534 e. The van der Waals surface area contributed by atoms with Gasteiger partial charge in [-0.15, -0.1) is 0 Å². The zero-order valence-electron chi connectivity index (χ0n) is 14.4. The van der Waals surface area contributed by atoms with Crippen LogP contribution in [0.1, 0.15) is 24.0 Å². The third kappa shape index (κ3) is 4.66. The quantitative estimate of drug-likeness (QED) is 0.819. The van der Waals surface area contributed by atoms with Gasteiger partial charge in [-0.05, 0) is 38.4 Å². The second-order valence-corrected chi connectivity index (χ2v) is 6.77. The summed E-state index contributed by atoms with van der Waals surface area (Å²) in [6, 6.07) is 11.5. The van der Waals surface area contributed by atoms with Crippen molar-refractivity contribution in [2.75, 3.05) is 26.7 Å². The van der Waals surface area contributed by atoms with Crippen LogP contribution in [0.3, 0.4) is 0 Å². The SMILES string of the molecule is CN(Cc1cnn(C)c1)C1CCCN(CCc2ccccc2)C1. The average Bonchev–Trinajstić information content (AvgIpc) is 2.99. The fraction of sp³-hybridized carbons (Fsp3) is 0.526. The van der Waals surface area contributed by atoms with E-state index in [1.54, 1.807) is 0 Å². The van der Waals surface area contributed by atoms with Gasteiger partial charge in [0, 0.05) is 44.5 Å². The van der Waals surface area contributed by atoms with Crippen molar-refractivity contribution in [3.05, 3.63) is 53.9 Å². The number of rotatable bonds is 6. The van der Waals surface area contributed by atoms with E-state index in [0.717, 1.165) is 13.0 Å². The van der Waals surface area contributed by atoms with Gasteiger partial charge in [0.25, 0.3) is 0 Å². The molecule has 23 heavy (non-hydrogen) atoms. The molecule has 0 amide bonds. The molecule has 1 atom stereocenters. The number of aryl methyl sites for hydroxylation is 1. The first kappa shape index (κ1) is 16.2. The highest BCUT2D eigenvalue weighted by molar-refractivity contribution is 5.14. The fourth-order valence-electron chi connectivity index (χ4n) is 3.50. The predicted molar refractivity (Wildman–Crippen MR) is 94.3 cm³/mol. The van der Waals surface area contributed by atoms with Gasteiger partial charge in [0.1, 0.15) is 0 Å². The van der Waals surface area contributed by atoms with Crippen LogP contribution in [-0.4, -0.2) is 52.3 Å². The highest BCUT2D eigenvalue weighted by Crippen LogP contribution is 2.17. The van der Waals surface area contributed by atoms with E-state index in [0.29, 0.717) is 6.04 Å². The first-order valence-corrected chi connectivity index (χ1v) is 8.65. The van der Waals surface area contributed by atoms with Gasteiger partial charge in [0.2, 0.25) is 0 Å². The highest BCUT2D eigenvalue weighted by Gasteiger charge is 2.23. The Morgan fingerprint density at radius 3 is 2.78 bits per heavy atom. The van der Waals surface area contributed by atoms with Crippen LogP contribution in [-0.2, 0) is 20.0 Å². The average molecular weight is 312 g/mol. The van der Waals surface area contributed by atoms with Gasteiger partial charge in [-0.25, -0.2) is 0 Å². The van der Waals surface area contributed by atoms with Crippen molar-refractivity contribution >= 4 is 0 Å². The molecular formula is C19H28N4. The van der Waals surface area contributed by atoms with E-state index >= 15 is 0 Å². The van der Waals surface area contributed by atoms with Crippen LogP contribution in [0.15, 0.2) is 42.7 Å². The molecule has 1 aromatic carbocycles. The number of aromatic nitrogens is 2. The van der Waals surface area contributed by atoms with Crippen molar-refractivity contribution in [1.82, 2.24) is 19.6 Å². The molecule has 0 bridgehead atoms. The van der Waals surface area contributed by atoms with Crippen LogP contribution in [0.25, 0.3) is 0 Å². The standard InChI is InChI=1S/C19H28N4/c1-21(14-18-13-20-22(2)15-18)19-9-6-11-23(16-19)12-10-17-7-4-3-5-8-17/h3-5,7-8,13,15,19H,6,9-12,14,16H2,1-2H3. The minimum Gasteiger partial charge on any atom is -0.301 e. The zero-order chi connectivity index (χ0) is 16.1. The Morgan fingerprint density at radius 2 is 2.04 bits per heavy atom. The van der Waals surface area contributed by atoms with Crippen LogP contribution in [0.5, 0.6) is 0 Å². The molecule has 1 aromatic heterocycles. The third-order valence-corrected chi connectivity index (χ3v) is 4.85. The Hall–Kier alpha value is -1.65. The summed E-state index contributed by atoms with van der Waals surface area (Å²) in [5.74, 6) is 0. The number of likely N-dealkylation sites (tertiary alicyclic amines) is 1. The van der Waals surface area contributed by atoms with Crippen molar-refractivity contribution in [1.29, 1.82) is 0 Å². The highest BCUT2D eigenvalue weighted by atomic mass is 15.3. The molecule has 0 saturated carbocycles. The molecule has 3 rings (SSSR count). The maximum Gasteiger partial charge on any atom is 0.0534 e. The molecule has 0 aliphatic carbocycles. The number of benzene rings is 1. The lowest BCUT2D eigenvalue weighted by Crippen LogP contribution is -2.46. The van der Waals surface area contributed by atoms with Crippen molar-refractivity contribution in [2.45, 2.75) is 31.8 Å². The molecule has 4 nitrogen and oxygen atoms in total. The molecule has 1 unspecified atom stereocenters. The first-order chi connectivity index (χ1) is 11.2. The number of hydrogen-bond donors (Lipinski definition) is 0. The van der Waals surface area contributed by atoms with Crippen molar-refractivity contribution in [2.24, 2.45) is 7.05 Å². The summed E-state index contributed by atoms with van der Waals surface area (Å²) in [7, 11) is 4.23. The zero-order valence-corrected chi connectivity index (χ0v) is 14.4. The molecule has 124 valence electrons. The summed E-state index contributed by atoms with van der Waals surface area (Å²) < 4.78 is 1.89. The van der Waals surface area contributed by atoms with Gasteiger partial charge >= 0.3 is 0 Å². The molecule has 2 aromatic rings. The summed E-state index contributed by atoms with van der Waals surface area (Å²) in [6.45, 7) is 4.58. The summed E-state index contributed by atoms with van der Waals surface area (Å²) in [6.07, 6.45) is 7.86. The van der Waals surface area contributed by atoms with Crippen molar-refractivity contribution in [3.63, 3.8) is 0 Å². The van der Waals surface area contributed by atoms with Crippen molar-refractivity contribution in [3.8, 4) is 0 Å². The van der Waals surface area contributed by atoms with Gasteiger partial charge in [-0.3, -0.25) is 9.58 Å². The molecule has 4 heteroatoms. The van der Waals surface area contributed by atoms with Crippen molar-refractivity contribution < 1.29 is 0 Å². The predicted octanol–water partition coefficient (Wildman–Crippen LogP) is 2.56. The molecule has 0 N–H and O–H groups in total. The van der Waals surface area contributed by atoms with Crippen LogP contribution < -0.4 is 0 Å². The lowest BCUT2D eigenvalue weighted by atomic mass is 10.0. The van der Waals surface area contributed by atoms with Gasteiger partial charge in [0.05, 0.1) is 6.20 Å². The Bertz CT molecular complexity index is 592. The van der Waals surface area contributed by atoms with Gasteiger partial charge < -0.3 is 4.90 Å². The van der Waals surface area contributed by atoms with E-state index in [1.165, 1.54) is 43.6 Å². The fourth-order valence-corrected chi connectivity index (χ4v) is 3.50. The van der Waals surface area contributed by atoms with Gasteiger partial charge in [0.15, 0.2) is 0 Å². The normalized spacial score (nSPS) is 19.3. The Kier molecular flexibility index (Phi) is 5.47. The molecule has 1 aliphatic heterocycles. The molecule has 0 spiro atoms. The van der Waals surface area contributed by atoms with Gasteiger partial charge in [-0.2, -0.15) is 5.10 Å². The Labute approximate surface area is 139 Å². The molecule has 1 saturated heterocycles. The third-order valence-electron chi connectivity index (χ3n) is 4.85. The van der Waals surface area contributed by atoms with Gasteiger partial charge in [-0.1, -0.05) is 30.3 Å². The van der Waals surface area contributed by atoms with Crippen LogP contribution >= 0.6 is 0 Å². The van der Waals surface area contributed by atoms with E-state index in [9.17, 15) is 0 Å². The molecule has 1 aliphatic rings. The second kappa shape index (κ2) is 7.75. The molecule has 2 heterocycles. The van der Waals surface area contributed by atoms with Crippen LogP contribution in [0.4, 0.5) is 0 Å².